The quantitative estimate of drug-likeness (QED) is 0.660. The fraction of sp³-hybridized carbons (Fsp3) is 0.545. The topological polar surface area (TPSA) is 27.0 Å². The molecule has 0 bridgehead atoms. The van der Waals surface area contributed by atoms with E-state index in [4.69, 9.17) is 5.26 Å². The van der Waals surface area contributed by atoms with Crippen molar-refractivity contribution >= 4 is 0 Å². The van der Waals surface area contributed by atoms with Gasteiger partial charge in [0.25, 0.3) is 0 Å². The SMILES string of the molecule is CCCCN1C=C(C#N)C=CC1C. The van der Waals surface area contributed by atoms with Crippen LogP contribution in [-0.2, 0) is 0 Å². The summed E-state index contributed by atoms with van der Waals surface area (Å²) >= 11 is 0. The van der Waals surface area contributed by atoms with Crippen LogP contribution in [0.25, 0.3) is 0 Å². The molecule has 0 spiro atoms. The van der Waals surface area contributed by atoms with Crippen LogP contribution in [0.15, 0.2) is 23.9 Å². The second kappa shape index (κ2) is 4.71. The highest BCUT2D eigenvalue weighted by Gasteiger charge is 2.11. The fourth-order valence-electron chi connectivity index (χ4n) is 1.37. The molecule has 0 N–H and O–H groups in total. The van der Waals surface area contributed by atoms with Gasteiger partial charge in [-0.1, -0.05) is 19.4 Å². The number of hydrogen-bond acceptors (Lipinski definition) is 2. The van der Waals surface area contributed by atoms with Gasteiger partial charge >= 0.3 is 0 Å². The van der Waals surface area contributed by atoms with Crippen molar-refractivity contribution < 1.29 is 0 Å². The van der Waals surface area contributed by atoms with Crippen molar-refractivity contribution in [3.8, 4) is 6.07 Å². The maximum Gasteiger partial charge on any atom is 0.101 e. The molecule has 0 aromatic carbocycles. The molecule has 1 aliphatic rings. The van der Waals surface area contributed by atoms with Gasteiger partial charge in [0, 0.05) is 18.8 Å². The Bertz CT molecular complexity index is 258. The average molecular weight is 176 g/mol. The molecule has 1 rings (SSSR count). The number of allylic oxidation sites excluding steroid dienone is 2. The molecule has 1 atom stereocenters. The molecule has 0 radical (unpaired) electrons. The van der Waals surface area contributed by atoms with E-state index in [0.29, 0.717) is 6.04 Å². The molecule has 0 aromatic heterocycles. The zero-order chi connectivity index (χ0) is 9.68. The van der Waals surface area contributed by atoms with Crippen molar-refractivity contribution in [1.82, 2.24) is 4.90 Å². The first-order valence-electron chi connectivity index (χ1n) is 4.83. The normalized spacial score (nSPS) is 21.2. The van der Waals surface area contributed by atoms with E-state index in [9.17, 15) is 0 Å². The Morgan fingerprint density at radius 1 is 1.62 bits per heavy atom. The van der Waals surface area contributed by atoms with Crippen molar-refractivity contribution in [2.45, 2.75) is 32.7 Å². The molecule has 0 aliphatic carbocycles. The molecule has 0 aromatic rings. The van der Waals surface area contributed by atoms with E-state index >= 15 is 0 Å². The summed E-state index contributed by atoms with van der Waals surface area (Å²) in [6, 6.07) is 2.60. The average Bonchev–Trinajstić information content (AvgIpc) is 2.17. The maximum atomic E-state index is 8.72. The van der Waals surface area contributed by atoms with E-state index in [1.54, 1.807) is 0 Å². The van der Waals surface area contributed by atoms with Gasteiger partial charge in [0.05, 0.1) is 5.57 Å². The van der Waals surface area contributed by atoms with Crippen LogP contribution in [0.4, 0.5) is 0 Å². The summed E-state index contributed by atoms with van der Waals surface area (Å²) in [5.41, 5.74) is 0.759. The van der Waals surface area contributed by atoms with E-state index < -0.39 is 0 Å². The lowest BCUT2D eigenvalue weighted by molar-refractivity contribution is 0.325. The Balaban J connectivity index is 2.58. The highest BCUT2D eigenvalue weighted by Crippen LogP contribution is 2.13. The number of unbranched alkanes of at least 4 members (excludes halogenated alkanes) is 1. The predicted octanol–water partition coefficient (Wildman–Crippen LogP) is 2.45. The van der Waals surface area contributed by atoms with Gasteiger partial charge in [-0.3, -0.25) is 0 Å². The molecular weight excluding hydrogens is 160 g/mol. The molecule has 13 heavy (non-hydrogen) atoms. The van der Waals surface area contributed by atoms with Crippen molar-refractivity contribution in [2.75, 3.05) is 6.54 Å². The zero-order valence-electron chi connectivity index (χ0n) is 8.33. The molecular formula is C11H16N2. The molecule has 2 heteroatoms. The zero-order valence-corrected chi connectivity index (χ0v) is 8.33. The first-order chi connectivity index (χ1) is 6.27. The molecule has 2 nitrogen and oxygen atoms in total. The van der Waals surface area contributed by atoms with Crippen LogP contribution in [0, 0.1) is 11.3 Å². The Morgan fingerprint density at radius 2 is 2.38 bits per heavy atom. The summed E-state index contributed by atoms with van der Waals surface area (Å²) in [5, 5.41) is 8.72. The predicted molar refractivity (Wildman–Crippen MR) is 53.9 cm³/mol. The lowest BCUT2D eigenvalue weighted by Gasteiger charge is -2.28. The number of nitrogens with zero attached hydrogens (tertiary/aromatic N) is 2. The third kappa shape index (κ3) is 2.62. The summed E-state index contributed by atoms with van der Waals surface area (Å²) in [6.45, 7) is 5.38. The third-order valence-electron chi connectivity index (χ3n) is 2.28. The molecule has 0 fully saturated rings. The van der Waals surface area contributed by atoms with Gasteiger partial charge in [-0.15, -0.1) is 0 Å². The van der Waals surface area contributed by atoms with Crippen LogP contribution >= 0.6 is 0 Å². The second-order valence-electron chi connectivity index (χ2n) is 3.39. The number of rotatable bonds is 3. The lowest BCUT2D eigenvalue weighted by Crippen LogP contribution is -2.29. The van der Waals surface area contributed by atoms with Crippen molar-refractivity contribution in [2.24, 2.45) is 0 Å². The van der Waals surface area contributed by atoms with Crippen molar-refractivity contribution in [1.29, 1.82) is 5.26 Å². The van der Waals surface area contributed by atoms with Crippen LogP contribution in [0.1, 0.15) is 26.7 Å². The molecule has 0 saturated carbocycles. The fourth-order valence-corrected chi connectivity index (χ4v) is 1.37. The molecule has 1 heterocycles. The van der Waals surface area contributed by atoms with Crippen molar-refractivity contribution in [3.63, 3.8) is 0 Å². The third-order valence-corrected chi connectivity index (χ3v) is 2.28. The van der Waals surface area contributed by atoms with Crippen LogP contribution in [0.3, 0.4) is 0 Å². The summed E-state index contributed by atoms with van der Waals surface area (Å²) in [7, 11) is 0. The summed E-state index contributed by atoms with van der Waals surface area (Å²) in [4.78, 5) is 2.22. The van der Waals surface area contributed by atoms with E-state index in [1.807, 2.05) is 12.3 Å². The number of nitriles is 1. The first kappa shape index (κ1) is 9.85. The minimum absolute atomic E-state index is 0.434. The van der Waals surface area contributed by atoms with Gasteiger partial charge in [-0.2, -0.15) is 5.26 Å². The maximum absolute atomic E-state index is 8.72. The standard InChI is InChI=1S/C11H16N2/c1-3-4-7-13-9-11(8-12)6-5-10(13)2/h5-6,9-10H,3-4,7H2,1-2H3. The molecule has 0 amide bonds. The van der Waals surface area contributed by atoms with Gasteiger partial charge in [0.1, 0.15) is 6.07 Å². The highest BCUT2D eigenvalue weighted by molar-refractivity contribution is 5.35. The summed E-state index contributed by atoms with van der Waals surface area (Å²) in [5.74, 6) is 0. The van der Waals surface area contributed by atoms with Gasteiger partial charge in [-0.25, -0.2) is 0 Å². The van der Waals surface area contributed by atoms with Gasteiger partial charge < -0.3 is 4.90 Å². The van der Waals surface area contributed by atoms with Gasteiger partial charge in [0.15, 0.2) is 0 Å². The van der Waals surface area contributed by atoms with E-state index in [2.05, 4.69) is 30.9 Å². The van der Waals surface area contributed by atoms with Crippen LogP contribution < -0.4 is 0 Å². The largest absolute Gasteiger partial charge is 0.370 e. The van der Waals surface area contributed by atoms with Crippen LogP contribution in [0.2, 0.25) is 0 Å². The summed E-state index contributed by atoms with van der Waals surface area (Å²) in [6.07, 6.45) is 8.32. The molecule has 1 aliphatic heterocycles. The van der Waals surface area contributed by atoms with E-state index in [0.717, 1.165) is 12.1 Å². The Kier molecular flexibility index (Phi) is 3.57. The van der Waals surface area contributed by atoms with Gasteiger partial charge in [-0.05, 0) is 19.4 Å². The Morgan fingerprint density at radius 3 is 3.00 bits per heavy atom. The van der Waals surface area contributed by atoms with E-state index in [-0.39, 0.29) is 0 Å². The summed E-state index contributed by atoms with van der Waals surface area (Å²) < 4.78 is 0. The highest BCUT2D eigenvalue weighted by atomic mass is 15.1. The minimum Gasteiger partial charge on any atom is -0.370 e. The Hall–Kier alpha value is -1.23. The van der Waals surface area contributed by atoms with Crippen molar-refractivity contribution in [3.05, 3.63) is 23.9 Å². The lowest BCUT2D eigenvalue weighted by atomic mass is 10.1. The minimum atomic E-state index is 0.434. The van der Waals surface area contributed by atoms with Gasteiger partial charge in [0.2, 0.25) is 0 Å². The molecule has 70 valence electrons. The van der Waals surface area contributed by atoms with Crippen LogP contribution in [0.5, 0.6) is 0 Å². The Labute approximate surface area is 80.2 Å². The monoisotopic (exact) mass is 176 g/mol. The second-order valence-corrected chi connectivity index (χ2v) is 3.39. The smallest absolute Gasteiger partial charge is 0.101 e. The number of hydrogen-bond donors (Lipinski definition) is 0. The molecule has 0 saturated heterocycles. The molecule has 1 unspecified atom stereocenters. The first-order valence-corrected chi connectivity index (χ1v) is 4.83. The van der Waals surface area contributed by atoms with E-state index in [1.165, 1.54) is 12.8 Å². The van der Waals surface area contributed by atoms with Crippen LogP contribution in [-0.4, -0.2) is 17.5 Å².